The van der Waals surface area contributed by atoms with Crippen molar-refractivity contribution in [2.45, 2.75) is 5.92 Å². The molecule has 2 aromatic heterocycles. The smallest absolute Gasteiger partial charge is 0.244 e. The number of hydrogen-bond donors (Lipinski definition) is 2. The largest absolute Gasteiger partial charge is 0.496 e. The maximum absolute atomic E-state index is 9.72. The lowest BCUT2D eigenvalue weighted by atomic mass is 9.83. The molecule has 3 aromatic rings. The number of nitriles is 1. The van der Waals surface area contributed by atoms with Crippen LogP contribution in [0.25, 0.3) is 11.3 Å². The Morgan fingerprint density at radius 3 is 2.92 bits per heavy atom. The number of H-pyrrole nitrogens is 1. The number of halogens is 1. The second kappa shape index (κ2) is 6.66. The van der Waals surface area contributed by atoms with Gasteiger partial charge in [-0.2, -0.15) is 16.6 Å². The number of allylic oxidation sites excluding steroid dienone is 1. The Labute approximate surface area is 167 Å². The van der Waals surface area contributed by atoms with Crippen LogP contribution in [0, 0.1) is 14.9 Å². The first-order valence-electron chi connectivity index (χ1n) is 7.66. The number of ether oxygens (including phenoxy) is 2. The third-order valence-corrected chi connectivity index (χ3v) is 5.78. The van der Waals surface area contributed by atoms with E-state index in [2.05, 4.69) is 38.9 Å². The van der Waals surface area contributed by atoms with Crippen LogP contribution >= 0.6 is 33.9 Å². The predicted octanol–water partition coefficient (Wildman–Crippen LogP) is 3.97. The lowest BCUT2D eigenvalue weighted by Crippen LogP contribution is -2.21. The first-order valence-corrected chi connectivity index (χ1v) is 9.68. The molecule has 130 valence electrons. The number of methoxy groups -OCH3 is 1. The minimum atomic E-state index is -0.364. The van der Waals surface area contributed by atoms with Gasteiger partial charge in [0, 0.05) is 10.9 Å². The number of nitrogens with one attached hydrogen (secondary N) is 1. The van der Waals surface area contributed by atoms with Gasteiger partial charge in [0.2, 0.25) is 11.8 Å². The Morgan fingerprint density at radius 2 is 2.27 bits per heavy atom. The van der Waals surface area contributed by atoms with Crippen LogP contribution in [-0.4, -0.2) is 17.3 Å². The fraction of sp³-hybridized carbons (Fsp3) is 0.111. The van der Waals surface area contributed by atoms with Gasteiger partial charge in [0.25, 0.3) is 0 Å². The lowest BCUT2D eigenvalue weighted by molar-refractivity contribution is 0.379. The van der Waals surface area contributed by atoms with Gasteiger partial charge in [-0.1, -0.05) is 6.07 Å². The summed E-state index contributed by atoms with van der Waals surface area (Å²) in [4.78, 5) is 0. The molecule has 0 radical (unpaired) electrons. The van der Waals surface area contributed by atoms with Gasteiger partial charge in [-0.15, -0.1) is 5.10 Å². The second-order valence-electron chi connectivity index (χ2n) is 5.65. The molecule has 0 saturated heterocycles. The third-order valence-electron chi connectivity index (χ3n) is 4.26. The monoisotopic (exact) mass is 476 g/mol. The molecule has 8 heteroatoms. The van der Waals surface area contributed by atoms with Gasteiger partial charge in [0.1, 0.15) is 17.4 Å². The van der Waals surface area contributed by atoms with E-state index in [1.165, 1.54) is 0 Å². The molecule has 26 heavy (non-hydrogen) atoms. The van der Waals surface area contributed by atoms with Crippen molar-refractivity contribution in [1.29, 1.82) is 5.26 Å². The van der Waals surface area contributed by atoms with Gasteiger partial charge in [0.15, 0.2) is 0 Å². The summed E-state index contributed by atoms with van der Waals surface area (Å²) < 4.78 is 11.9. The quantitative estimate of drug-likeness (QED) is 0.558. The SMILES string of the molecule is COc1ccc(C2C(C#N)=C(N)Oc3n[nH]c(-c4ccsc4)c32)cc1I. The number of aromatic amines is 1. The minimum Gasteiger partial charge on any atom is -0.496 e. The van der Waals surface area contributed by atoms with Crippen molar-refractivity contribution in [3.63, 3.8) is 0 Å². The number of thiophene rings is 1. The summed E-state index contributed by atoms with van der Waals surface area (Å²) in [5.74, 6) is 0.900. The molecule has 3 heterocycles. The van der Waals surface area contributed by atoms with Gasteiger partial charge in [0.05, 0.1) is 27.9 Å². The third kappa shape index (κ3) is 2.64. The Hall–Kier alpha value is -2.51. The van der Waals surface area contributed by atoms with Crippen LogP contribution in [0.4, 0.5) is 0 Å². The van der Waals surface area contributed by atoms with Gasteiger partial charge < -0.3 is 15.2 Å². The van der Waals surface area contributed by atoms with Gasteiger partial charge in [-0.25, -0.2) is 0 Å². The highest BCUT2D eigenvalue weighted by atomic mass is 127. The Balaban J connectivity index is 1.94. The number of aromatic nitrogens is 2. The van der Waals surface area contributed by atoms with Crippen LogP contribution in [0.3, 0.4) is 0 Å². The van der Waals surface area contributed by atoms with E-state index in [1.807, 2.05) is 35.0 Å². The molecule has 1 aromatic carbocycles. The van der Waals surface area contributed by atoms with E-state index in [9.17, 15) is 5.26 Å². The van der Waals surface area contributed by atoms with Crippen molar-refractivity contribution in [2.24, 2.45) is 5.73 Å². The first kappa shape index (κ1) is 16.9. The Morgan fingerprint density at radius 1 is 1.42 bits per heavy atom. The molecule has 0 aliphatic carbocycles. The van der Waals surface area contributed by atoms with E-state index >= 15 is 0 Å². The van der Waals surface area contributed by atoms with E-state index < -0.39 is 0 Å². The lowest BCUT2D eigenvalue weighted by Gasteiger charge is -2.24. The van der Waals surface area contributed by atoms with E-state index in [-0.39, 0.29) is 11.8 Å². The maximum atomic E-state index is 9.72. The van der Waals surface area contributed by atoms with Crippen molar-refractivity contribution < 1.29 is 9.47 Å². The summed E-state index contributed by atoms with van der Waals surface area (Å²) in [6.07, 6.45) is 0. The number of nitrogens with two attached hydrogens (primary N) is 1. The number of benzene rings is 1. The zero-order chi connectivity index (χ0) is 18.3. The number of rotatable bonds is 3. The molecule has 6 nitrogen and oxygen atoms in total. The van der Waals surface area contributed by atoms with E-state index in [0.29, 0.717) is 11.5 Å². The number of fused-ring (bicyclic) bond motifs is 1. The van der Waals surface area contributed by atoms with Crippen LogP contribution in [-0.2, 0) is 0 Å². The average Bonchev–Trinajstić information content (AvgIpc) is 3.29. The molecule has 0 spiro atoms. The Kier molecular flexibility index (Phi) is 4.34. The molecule has 0 fully saturated rings. The van der Waals surface area contributed by atoms with Crippen LogP contribution in [0.1, 0.15) is 17.0 Å². The molecule has 0 amide bonds. The molecule has 1 unspecified atom stereocenters. The van der Waals surface area contributed by atoms with Gasteiger partial charge >= 0.3 is 0 Å². The summed E-state index contributed by atoms with van der Waals surface area (Å²) in [5, 5.41) is 21.0. The topological polar surface area (TPSA) is 96.9 Å². The van der Waals surface area contributed by atoms with Gasteiger partial charge in [-0.05, 0) is 51.7 Å². The van der Waals surface area contributed by atoms with Crippen molar-refractivity contribution in [3.8, 4) is 29.0 Å². The normalized spacial score (nSPS) is 16.0. The number of nitrogens with zero attached hydrogens (tertiary/aromatic N) is 2. The summed E-state index contributed by atoms with van der Waals surface area (Å²) in [6.45, 7) is 0. The molecular formula is C18H13IN4O2S. The van der Waals surface area contributed by atoms with Crippen LogP contribution in [0.15, 0.2) is 46.5 Å². The first-order chi connectivity index (χ1) is 12.6. The maximum Gasteiger partial charge on any atom is 0.244 e. The molecule has 1 aliphatic rings. The van der Waals surface area contributed by atoms with Gasteiger partial charge in [-0.3, -0.25) is 5.10 Å². The standard InChI is InChI=1S/C18H13IN4O2S/c1-24-13-3-2-9(6-12(13)19)14-11(7-20)17(21)25-18-15(14)16(22-23-18)10-4-5-26-8-10/h2-6,8,14H,21H2,1H3,(H,22,23). The van der Waals surface area contributed by atoms with E-state index in [4.69, 9.17) is 15.2 Å². The molecule has 1 aliphatic heterocycles. The molecule has 0 saturated carbocycles. The van der Waals surface area contributed by atoms with Crippen LogP contribution in [0.2, 0.25) is 0 Å². The molecular weight excluding hydrogens is 463 g/mol. The summed E-state index contributed by atoms with van der Waals surface area (Å²) in [5.41, 5.74) is 9.95. The highest BCUT2D eigenvalue weighted by Gasteiger charge is 2.35. The number of hydrogen-bond acceptors (Lipinski definition) is 6. The molecule has 4 rings (SSSR count). The zero-order valence-electron chi connectivity index (χ0n) is 13.6. The second-order valence-corrected chi connectivity index (χ2v) is 7.59. The average molecular weight is 476 g/mol. The fourth-order valence-electron chi connectivity index (χ4n) is 3.07. The van der Waals surface area contributed by atoms with Crippen molar-refractivity contribution in [2.75, 3.05) is 7.11 Å². The minimum absolute atomic E-state index is 0.0826. The highest BCUT2D eigenvalue weighted by molar-refractivity contribution is 14.1. The van der Waals surface area contributed by atoms with Crippen molar-refractivity contribution in [3.05, 3.63) is 61.2 Å². The molecule has 1 atom stereocenters. The molecule has 3 N–H and O–H groups in total. The van der Waals surface area contributed by atoms with E-state index in [1.54, 1.807) is 18.4 Å². The van der Waals surface area contributed by atoms with E-state index in [0.717, 1.165) is 31.7 Å². The summed E-state index contributed by atoms with van der Waals surface area (Å²) in [6, 6.07) is 10.0. The van der Waals surface area contributed by atoms with Crippen LogP contribution in [0.5, 0.6) is 11.6 Å². The van der Waals surface area contributed by atoms with Crippen molar-refractivity contribution in [1.82, 2.24) is 10.2 Å². The molecule has 0 bridgehead atoms. The fourth-order valence-corrected chi connectivity index (χ4v) is 4.47. The van der Waals surface area contributed by atoms with Crippen molar-refractivity contribution >= 4 is 33.9 Å². The predicted molar refractivity (Wildman–Crippen MR) is 107 cm³/mol. The summed E-state index contributed by atoms with van der Waals surface area (Å²) >= 11 is 3.81. The van der Waals surface area contributed by atoms with Crippen LogP contribution < -0.4 is 15.2 Å². The summed E-state index contributed by atoms with van der Waals surface area (Å²) in [7, 11) is 1.63. The highest BCUT2D eigenvalue weighted by Crippen LogP contribution is 2.46. The zero-order valence-corrected chi connectivity index (χ0v) is 16.6. The Bertz CT molecular complexity index is 1050.